The van der Waals surface area contributed by atoms with Gasteiger partial charge in [0.2, 0.25) is 0 Å². The first-order valence-corrected chi connectivity index (χ1v) is 4.84. The van der Waals surface area contributed by atoms with Gasteiger partial charge in [-0.3, -0.25) is 4.40 Å². The number of hydrogen-bond acceptors (Lipinski definition) is 5. The van der Waals surface area contributed by atoms with E-state index in [4.69, 9.17) is 11.6 Å². The van der Waals surface area contributed by atoms with Crippen LogP contribution in [0.15, 0.2) is 31.1 Å². The lowest BCUT2D eigenvalue weighted by Crippen LogP contribution is -1.91. The van der Waals surface area contributed by atoms with Gasteiger partial charge in [-0.15, -0.1) is 10.2 Å². The largest absolute Gasteiger partial charge is 0.278 e. The van der Waals surface area contributed by atoms with Crippen molar-refractivity contribution in [2.75, 3.05) is 0 Å². The number of hydrogen-bond donors (Lipinski definition) is 0. The molecule has 0 aliphatic heterocycles. The van der Waals surface area contributed by atoms with Crippen LogP contribution >= 0.6 is 11.6 Å². The van der Waals surface area contributed by atoms with Crippen molar-refractivity contribution >= 4 is 17.2 Å². The van der Waals surface area contributed by atoms with Crippen molar-refractivity contribution in [1.82, 2.24) is 29.5 Å². The van der Waals surface area contributed by atoms with Gasteiger partial charge < -0.3 is 0 Å². The average Bonchev–Trinajstić information content (AvgIpc) is 2.75. The zero-order valence-corrected chi connectivity index (χ0v) is 8.70. The van der Waals surface area contributed by atoms with E-state index < -0.39 is 0 Å². The highest BCUT2D eigenvalue weighted by Gasteiger charge is 2.10. The minimum absolute atomic E-state index is 0.318. The summed E-state index contributed by atoms with van der Waals surface area (Å²) in [6, 6.07) is 0. The van der Waals surface area contributed by atoms with E-state index in [1.165, 1.54) is 6.33 Å². The SMILES string of the molecule is Clc1nccn2c(-c3cncnc3)nnc12. The predicted octanol–water partition coefficient (Wildman–Crippen LogP) is 1.23. The Morgan fingerprint density at radius 3 is 2.75 bits per heavy atom. The fraction of sp³-hybridized carbons (Fsp3) is 0. The fourth-order valence-corrected chi connectivity index (χ4v) is 1.59. The van der Waals surface area contributed by atoms with E-state index >= 15 is 0 Å². The molecule has 0 N–H and O–H groups in total. The van der Waals surface area contributed by atoms with Crippen LogP contribution in [0.25, 0.3) is 17.0 Å². The molecule has 0 unspecified atom stereocenters. The highest BCUT2D eigenvalue weighted by Crippen LogP contribution is 2.19. The Hall–Kier alpha value is -2.08. The van der Waals surface area contributed by atoms with Gasteiger partial charge in [-0.2, -0.15) is 0 Å². The van der Waals surface area contributed by atoms with Gasteiger partial charge in [-0.05, 0) is 0 Å². The van der Waals surface area contributed by atoms with Crippen molar-refractivity contribution in [2.24, 2.45) is 0 Å². The second-order valence-corrected chi connectivity index (χ2v) is 3.42. The van der Waals surface area contributed by atoms with Crippen LogP contribution in [0.3, 0.4) is 0 Å². The highest BCUT2D eigenvalue weighted by molar-refractivity contribution is 6.32. The van der Waals surface area contributed by atoms with Gasteiger partial charge in [0, 0.05) is 24.8 Å². The number of halogens is 1. The standard InChI is InChI=1S/C9H5ClN6/c10-7-9-15-14-8(16(9)2-1-13-7)6-3-11-5-12-4-6/h1-5H. The van der Waals surface area contributed by atoms with Crippen molar-refractivity contribution < 1.29 is 0 Å². The Bertz CT molecular complexity index is 635. The van der Waals surface area contributed by atoms with E-state index in [1.807, 2.05) is 0 Å². The topological polar surface area (TPSA) is 68.9 Å². The summed E-state index contributed by atoms with van der Waals surface area (Å²) < 4.78 is 1.74. The van der Waals surface area contributed by atoms with Crippen LogP contribution in [0.4, 0.5) is 0 Å². The molecule has 0 radical (unpaired) electrons. The summed E-state index contributed by atoms with van der Waals surface area (Å²) in [7, 11) is 0. The molecular formula is C9H5ClN6. The maximum atomic E-state index is 5.89. The molecule has 0 atom stereocenters. The average molecular weight is 233 g/mol. The minimum Gasteiger partial charge on any atom is -0.278 e. The lowest BCUT2D eigenvalue weighted by molar-refractivity contribution is 1.08. The number of nitrogens with zero attached hydrogens (tertiary/aromatic N) is 6. The van der Waals surface area contributed by atoms with Crippen LogP contribution in [0, 0.1) is 0 Å². The van der Waals surface area contributed by atoms with Gasteiger partial charge in [0.1, 0.15) is 6.33 Å². The van der Waals surface area contributed by atoms with Crippen molar-refractivity contribution in [3.05, 3.63) is 36.3 Å². The van der Waals surface area contributed by atoms with Crippen LogP contribution in [0.5, 0.6) is 0 Å². The van der Waals surface area contributed by atoms with Gasteiger partial charge in [-0.1, -0.05) is 11.6 Å². The summed E-state index contributed by atoms with van der Waals surface area (Å²) in [5, 5.41) is 8.31. The normalized spacial score (nSPS) is 10.8. The molecule has 0 bridgehead atoms. The molecule has 0 saturated heterocycles. The van der Waals surface area contributed by atoms with Crippen molar-refractivity contribution in [2.45, 2.75) is 0 Å². The van der Waals surface area contributed by atoms with E-state index in [0.29, 0.717) is 16.6 Å². The molecule has 16 heavy (non-hydrogen) atoms. The Morgan fingerprint density at radius 1 is 1.12 bits per heavy atom. The van der Waals surface area contributed by atoms with E-state index in [-0.39, 0.29) is 0 Å². The molecule has 3 rings (SSSR count). The maximum absolute atomic E-state index is 5.89. The predicted molar refractivity (Wildman–Crippen MR) is 56.8 cm³/mol. The fourth-order valence-electron chi connectivity index (χ4n) is 1.41. The molecule has 0 aliphatic rings. The molecule has 0 fully saturated rings. The van der Waals surface area contributed by atoms with Gasteiger partial charge in [0.15, 0.2) is 16.6 Å². The molecule has 3 aromatic heterocycles. The Morgan fingerprint density at radius 2 is 1.94 bits per heavy atom. The van der Waals surface area contributed by atoms with Crippen LogP contribution in [-0.4, -0.2) is 29.5 Å². The Balaban J connectivity index is 2.30. The molecule has 7 heteroatoms. The van der Waals surface area contributed by atoms with Crippen molar-refractivity contribution in [1.29, 1.82) is 0 Å². The van der Waals surface area contributed by atoms with Crippen molar-refractivity contribution in [3.63, 3.8) is 0 Å². The molecule has 0 aliphatic carbocycles. The summed E-state index contributed by atoms with van der Waals surface area (Å²) in [6.07, 6.45) is 8.12. The van der Waals surface area contributed by atoms with Gasteiger partial charge in [0.05, 0.1) is 5.56 Å². The van der Waals surface area contributed by atoms with Crippen LogP contribution < -0.4 is 0 Å². The second kappa shape index (κ2) is 3.49. The number of rotatable bonds is 1. The Kier molecular flexibility index (Phi) is 2.00. The summed E-state index contributed by atoms with van der Waals surface area (Å²) in [6.45, 7) is 0. The number of aromatic nitrogens is 6. The molecule has 6 nitrogen and oxygen atoms in total. The van der Waals surface area contributed by atoms with E-state index in [9.17, 15) is 0 Å². The molecule has 3 heterocycles. The van der Waals surface area contributed by atoms with Crippen LogP contribution in [-0.2, 0) is 0 Å². The number of fused-ring (bicyclic) bond motifs is 1. The second-order valence-electron chi connectivity index (χ2n) is 3.06. The van der Waals surface area contributed by atoms with E-state index in [1.54, 1.807) is 29.2 Å². The quantitative estimate of drug-likeness (QED) is 0.631. The third kappa shape index (κ3) is 1.31. The first kappa shape index (κ1) is 9.17. The summed E-state index contributed by atoms with van der Waals surface area (Å²) in [5.74, 6) is 0.639. The van der Waals surface area contributed by atoms with E-state index in [0.717, 1.165) is 5.56 Å². The molecule has 0 amide bonds. The molecular weight excluding hydrogens is 228 g/mol. The zero-order valence-electron chi connectivity index (χ0n) is 7.95. The Labute approximate surface area is 95.0 Å². The zero-order chi connectivity index (χ0) is 11.0. The molecule has 78 valence electrons. The van der Waals surface area contributed by atoms with Crippen molar-refractivity contribution in [3.8, 4) is 11.4 Å². The summed E-state index contributed by atoms with van der Waals surface area (Å²) >= 11 is 5.89. The van der Waals surface area contributed by atoms with Gasteiger partial charge in [0.25, 0.3) is 0 Å². The first-order chi connectivity index (χ1) is 7.86. The maximum Gasteiger partial charge on any atom is 0.198 e. The lowest BCUT2D eigenvalue weighted by Gasteiger charge is -1.98. The highest BCUT2D eigenvalue weighted by atomic mass is 35.5. The third-order valence-electron chi connectivity index (χ3n) is 2.10. The summed E-state index contributed by atoms with van der Waals surface area (Å²) in [5.41, 5.74) is 1.29. The van der Waals surface area contributed by atoms with Crippen LogP contribution in [0.2, 0.25) is 5.15 Å². The first-order valence-electron chi connectivity index (χ1n) is 4.47. The van der Waals surface area contributed by atoms with Crippen LogP contribution in [0.1, 0.15) is 0 Å². The van der Waals surface area contributed by atoms with E-state index in [2.05, 4.69) is 25.1 Å². The monoisotopic (exact) mass is 232 g/mol. The summed E-state index contributed by atoms with van der Waals surface area (Å²) in [4.78, 5) is 11.8. The molecule has 0 aromatic carbocycles. The molecule has 3 aromatic rings. The smallest absolute Gasteiger partial charge is 0.198 e. The third-order valence-corrected chi connectivity index (χ3v) is 2.37. The lowest BCUT2D eigenvalue weighted by atomic mass is 10.3. The van der Waals surface area contributed by atoms with Gasteiger partial charge >= 0.3 is 0 Å². The molecule has 0 spiro atoms. The minimum atomic E-state index is 0.318. The molecule has 0 saturated carbocycles. The van der Waals surface area contributed by atoms with Gasteiger partial charge in [-0.25, -0.2) is 15.0 Å².